The smallest absolute Gasteiger partial charge is 0.243 e. The van der Waals surface area contributed by atoms with Gasteiger partial charge in [0.05, 0.1) is 6.42 Å². The summed E-state index contributed by atoms with van der Waals surface area (Å²) in [5.41, 5.74) is 6.42. The van der Waals surface area contributed by atoms with Crippen LogP contribution in [0.15, 0.2) is 72.8 Å². The lowest BCUT2D eigenvalue weighted by molar-refractivity contribution is -0.140. The largest absolute Gasteiger partial charge is 0.354 e. The van der Waals surface area contributed by atoms with Crippen molar-refractivity contribution in [1.82, 2.24) is 10.2 Å². The van der Waals surface area contributed by atoms with Crippen molar-refractivity contribution in [3.05, 3.63) is 106 Å². The summed E-state index contributed by atoms with van der Waals surface area (Å²) in [5.74, 6) is -0.141. The van der Waals surface area contributed by atoms with E-state index in [9.17, 15) is 9.59 Å². The van der Waals surface area contributed by atoms with Crippen LogP contribution in [0.4, 0.5) is 0 Å². The van der Waals surface area contributed by atoms with E-state index in [1.807, 2.05) is 82.3 Å². The Labute approximate surface area is 204 Å². The van der Waals surface area contributed by atoms with Crippen LogP contribution in [0.5, 0.6) is 0 Å². The average molecular weight is 457 g/mol. The van der Waals surface area contributed by atoms with Crippen LogP contribution in [0.25, 0.3) is 0 Å². The summed E-state index contributed by atoms with van der Waals surface area (Å²) >= 11 is 0. The third-order valence-corrected chi connectivity index (χ3v) is 6.27. The molecule has 34 heavy (non-hydrogen) atoms. The fourth-order valence-corrected chi connectivity index (χ4v) is 4.15. The van der Waals surface area contributed by atoms with E-state index in [1.54, 1.807) is 4.90 Å². The molecule has 3 aromatic carbocycles. The van der Waals surface area contributed by atoms with E-state index in [-0.39, 0.29) is 18.2 Å². The minimum Gasteiger partial charge on any atom is -0.354 e. The number of nitrogens with zero attached hydrogens (tertiary/aromatic N) is 1. The summed E-state index contributed by atoms with van der Waals surface area (Å²) in [4.78, 5) is 29.0. The van der Waals surface area contributed by atoms with Crippen molar-refractivity contribution in [3.63, 3.8) is 0 Å². The molecule has 0 aliphatic carbocycles. The zero-order chi connectivity index (χ0) is 24.5. The van der Waals surface area contributed by atoms with E-state index < -0.39 is 6.04 Å². The maximum absolute atomic E-state index is 13.8. The molecule has 3 rings (SSSR count). The highest BCUT2D eigenvalue weighted by Crippen LogP contribution is 2.20. The summed E-state index contributed by atoms with van der Waals surface area (Å²) in [7, 11) is 0. The van der Waals surface area contributed by atoms with Crippen molar-refractivity contribution < 1.29 is 9.59 Å². The molecule has 0 saturated heterocycles. The molecule has 0 radical (unpaired) electrons. The predicted octanol–water partition coefficient (Wildman–Crippen LogP) is 5.32. The van der Waals surface area contributed by atoms with Gasteiger partial charge in [0.25, 0.3) is 0 Å². The number of aryl methyl sites for hydroxylation is 3. The van der Waals surface area contributed by atoms with Gasteiger partial charge in [-0.1, -0.05) is 85.3 Å². The van der Waals surface area contributed by atoms with Crippen LogP contribution in [0.3, 0.4) is 0 Å². The van der Waals surface area contributed by atoms with Gasteiger partial charge in [-0.25, -0.2) is 0 Å². The van der Waals surface area contributed by atoms with E-state index in [0.29, 0.717) is 19.5 Å². The van der Waals surface area contributed by atoms with Crippen molar-refractivity contribution in [2.24, 2.45) is 0 Å². The normalized spacial score (nSPS) is 11.6. The van der Waals surface area contributed by atoms with Crippen LogP contribution < -0.4 is 5.32 Å². The monoisotopic (exact) mass is 456 g/mol. The van der Waals surface area contributed by atoms with Gasteiger partial charge in [-0.2, -0.15) is 0 Å². The van der Waals surface area contributed by atoms with Gasteiger partial charge in [-0.15, -0.1) is 0 Å². The van der Waals surface area contributed by atoms with E-state index in [2.05, 4.69) is 23.5 Å². The molecule has 178 valence electrons. The average Bonchev–Trinajstić information content (AvgIpc) is 2.83. The molecule has 1 N–H and O–H groups in total. The number of rotatable bonds is 10. The quantitative estimate of drug-likeness (QED) is 0.449. The standard InChI is InChI=1S/C30H36N2O2/c1-5-17-31-30(34)28(19-25-12-7-6-8-13-25)32(21-26-14-10-9-11-23(26)3)29(33)20-27-18-22(2)15-16-24(27)4/h6-16,18,28H,5,17,19-21H2,1-4H3,(H,31,34)/t28-/m0/s1. The van der Waals surface area contributed by atoms with Crippen molar-refractivity contribution >= 4 is 11.8 Å². The second-order valence-corrected chi connectivity index (χ2v) is 9.05. The molecule has 0 fully saturated rings. The summed E-state index contributed by atoms with van der Waals surface area (Å²) in [6.45, 7) is 9.13. The summed E-state index contributed by atoms with van der Waals surface area (Å²) in [6.07, 6.45) is 1.59. The molecule has 4 nitrogen and oxygen atoms in total. The first-order valence-electron chi connectivity index (χ1n) is 12.1. The van der Waals surface area contributed by atoms with Gasteiger partial charge in [-0.3, -0.25) is 9.59 Å². The van der Waals surface area contributed by atoms with Crippen LogP contribution in [0.1, 0.15) is 46.7 Å². The number of carbonyl (C=O) groups excluding carboxylic acids is 2. The first-order chi connectivity index (χ1) is 16.4. The van der Waals surface area contributed by atoms with Gasteiger partial charge in [0.1, 0.15) is 6.04 Å². The van der Waals surface area contributed by atoms with Crippen LogP contribution >= 0.6 is 0 Å². The number of carbonyl (C=O) groups is 2. The molecule has 1 atom stereocenters. The van der Waals surface area contributed by atoms with E-state index in [1.165, 1.54) is 0 Å². The molecule has 2 amide bonds. The Kier molecular flexibility index (Phi) is 9.03. The second-order valence-electron chi connectivity index (χ2n) is 9.05. The minimum atomic E-state index is -0.592. The first kappa shape index (κ1) is 25.2. The maximum atomic E-state index is 13.8. The molecular formula is C30H36N2O2. The molecule has 0 aliphatic rings. The second kappa shape index (κ2) is 12.2. The highest BCUT2D eigenvalue weighted by Gasteiger charge is 2.30. The number of hydrogen-bond acceptors (Lipinski definition) is 2. The summed E-state index contributed by atoms with van der Waals surface area (Å²) < 4.78 is 0. The Morgan fingerprint density at radius 3 is 2.24 bits per heavy atom. The lowest BCUT2D eigenvalue weighted by Gasteiger charge is -2.32. The number of hydrogen-bond donors (Lipinski definition) is 1. The Bertz CT molecular complexity index is 1110. The number of amides is 2. The zero-order valence-electron chi connectivity index (χ0n) is 20.8. The summed E-state index contributed by atoms with van der Waals surface area (Å²) in [6, 6.07) is 23.6. The molecule has 0 saturated carbocycles. The minimum absolute atomic E-state index is 0.0375. The molecule has 0 unspecified atom stereocenters. The highest BCUT2D eigenvalue weighted by atomic mass is 16.2. The summed E-state index contributed by atoms with van der Waals surface area (Å²) in [5, 5.41) is 3.04. The van der Waals surface area contributed by atoms with Gasteiger partial charge in [0.2, 0.25) is 11.8 Å². The van der Waals surface area contributed by atoms with Crippen LogP contribution in [0.2, 0.25) is 0 Å². The van der Waals surface area contributed by atoms with Crippen molar-refractivity contribution in [2.75, 3.05) is 6.54 Å². The van der Waals surface area contributed by atoms with Gasteiger partial charge in [-0.05, 0) is 55.0 Å². The third-order valence-electron chi connectivity index (χ3n) is 6.27. The van der Waals surface area contributed by atoms with Gasteiger partial charge in [0.15, 0.2) is 0 Å². The molecule has 0 bridgehead atoms. The molecule has 3 aromatic rings. The lowest BCUT2D eigenvalue weighted by atomic mass is 9.98. The Hall–Kier alpha value is -3.40. The number of nitrogens with one attached hydrogen (secondary N) is 1. The van der Waals surface area contributed by atoms with E-state index in [4.69, 9.17) is 0 Å². The fraction of sp³-hybridized carbons (Fsp3) is 0.333. The van der Waals surface area contributed by atoms with Gasteiger partial charge >= 0.3 is 0 Å². The lowest BCUT2D eigenvalue weighted by Crippen LogP contribution is -2.51. The van der Waals surface area contributed by atoms with E-state index in [0.717, 1.165) is 39.8 Å². The molecule has 0 spiro atoms. The molecule has 0 aliphatic heterocycles. The molecule has 0 heterocycles. The van der Waals surface area contributed by atoms with Gasteiger partial charge in [0, 0.05) is 19.5 Å². The Balaban J connectivity index is 1.99. The van der Waals surface area contributed by atoms with Crippen molar-refractivity contribution in [2.45, 2.75) is 59.5 Å². The van der Waals surface area contributed by atoms with Crippen molar-refractivity contribution in [1.29, 1.82) is 0 Å². The van der Waals surface area contributed by atoms with Crippen LogP contribution in [-0.4, -0.2) is 29.3 Å². The molecule has 0 aromatic heterocycles. The topological polar surface area (TPSA) is 49.4 Å². The fourth-order valence-electron chi connectivity index (χ4n) is 4.15. The molecule has 4 heteroatoms. The number of benzene rings is 3. The van der Waals surface area contributed by atoms with Crippen molar-refractivity contribution in [3.8, 4) is 0 Å². The van der Waals surface area contributed by atoms with Gasteiger partial charge < -0.3 is 10.2 Å². The zero-order valence-corrected chi connectivity index (χ0v) is 20.8. The van der Waals surface area contributed by atoms with Crippen LogP contribution in [0, 0.1) is 20.8 Å². The Morgan fingerprint density at radius 1 is 0.853 bits per heavy atom. The maximum Gasteiger partial charge on any atom is 0.243 e. The highest BCUT2D eigenvalue weighted by molar-refractivity contribution is 5.89. The van der Waals surface area contributed by atoms with E-state index >= 15 is 0 Å². The molecular weight excluding hydrogens is 420 g/mol. The SMILES string of the molecule is CCCNC(=O)[C@H](Cc1ccccc1)N(Cc1ccccc1C)C(=O)Cc1cc(C)ccc1C. The van der Waals surface area contributed by atoms with Crippen LogP contribution in [-0.2, 0) is 29.0 Å². The first-order valence-corrected chi connectivity index (χ1v) is 12.1. The predicted molar refractivity (Wildman–Crippen MR) is 139 cm³/mol. The third kappa shape index (κ3) is 6.80. The Morgan fingerprint density at radius 2 is 1.53 bits per heavy atom.